The molecule has 1 saturated carbocycles. The minimum Gasteiger partial charge on any atom is -0.456 e. The second-order valence-corrected chi connectivity index (χ2v) is 8.24. The first-order valence-electron chi connectivity index (χ1n) is 9.06. The van der Waals surface area contributed by atoms with Crippen LogP contribution in [0.2, 0.25) is 0 Å². The highest BCUT2D eigenvalue weighted by molar-refractivity contribution is 7.90. The molecule has 0 spiro atoms. The molecule has 0 unspecified atom stereocenters. The lowest BCUT2D eigenvalue weighted by molar-refractivity contribution is -0.379. The Balaban J connectivity index is 1.82. The summed E-state index contributed by atoms with van der Waals surface area (Å²) < 4.78 is 33.2. The van der Waals surface area contributed by atoms with Gasteiger partial charge in [0, 0.05) is 28.3 Å². The van der Waals surface area contributed by atoms with Crippen molar-refractivity contribution in [3.8, 4) is 11.5 Å². The van der Waals surface area contributed by atoms with Crippen molar-refractivity contribution in [2.75, 3.05) is 0 Å². The van der Waals surface area contributed by atoms with Crippen LogP contribution in [0.3, 0.4) is 0 Å². The third-order valence-electron chi connectivity index (χ3n) is 4.49. The molecule has 0 bridgehead atoms. The summed E-state index contributed by atoms with van der Waals surface area (Å²) >= 11 is 0. The van der Waals surface area contributed by atoms with E-state index in [1.54, 1.807) is 35.5 Å². The Morgan fingerprint density at radius 1 is 1.04 bits per heavy atom. The molecule has 0 aromatic heterocycles. The summed E-state index contributed by atoms with van der Waals surface area (Å²) in [5, 5.41) is 4.35. The fraction of sp³-hybridized carbons (Fsp3) is 0.316. The summed E-state index contributed by atoms with van der Waals surface area (Å²) in [6.07, 6.45) is 4.78. The van der Waals surface area contributed by atoms with Gasteiger partial charge < -0.3 is 10.1 Å². The number of hydrogen-bond acceptors (Lipinski definition) is 5. The summed E-state index contributed by atoms with van der Waals surface area (Å²) in [5.74, 6) is 0.427. The number of nitroso groups, excluding NO2 is 1. The third-order valence-corrected chi connectivity index (χ3v) is 5.84. The Kier molecular flexibility index (Phi) is 6.25. The molecule has 3 N–H and O–H groups in total. The molecular formula is C19H22N3O5S+. The van der Waals surface area contributed by atoms with Crippen molar-refractivity contribution >= 4 is 21.7 Å². The molecule has 1 aliphatic carbocycles. The average Bonchev–Trinajstić information content (AvgIpc) is 2.69. The van der Waals surface area contributed by atoms with E-state index in [-0.39, 0.29) is 22.4 Å². The number of urea groups is 1. The number of rotatable bonds is 6. The molecule has 28 heavy (non-hydrogen) atoms. The van der Waals surface area contributed by atoms with Gasteiger partial charge in [0.05, 0.1) is 0 Å². The first-order valence-corrected chi connectivity index (χ1v) is 10.5. The van der Waals surface area contributed by atoms with E-state index in [0.29, 0.717) is 5.75 Å². The van der Waals surface area contributed by atoms with Crippen LogP contribution in [0, 0.1) is 4.91 Å². The van der Waals surface area contributed by atoms with Crippen LogP contribution in [-0.4, -0.2) is 20.5 Å². The van der Waals surface area contributed by atoms with Crippen LogP contribution < -0.4 is 20.0 Å². The van der Waals surface area contributed by atoms with Gasteiger partial charge in [0.25, 0.3) is 15.7 Å². The topological polar surface area (TPSA) is 116 Å². The van der Waals surface area contributed by atoms with Gasteiger partial charge in [-0.3, -0.25) is 0 Å². The largest absolute Gasteiger partial charge is 0.456 e. The van der Waals surface area contributed by atoms with Crippen LogP contribution in [-0.2, 0) is 10.0 Å². The van der Waals surface area contributed by atoms with Crippen LogP contribution in [0.4, 0.5) is 10.5 Å². The molecule has 2 amide bonds. The van der Waals surface area contributed by atoms with Crippen LogP contribution in [0.25, 0.3) is 0 Å². The lowest BCUT2D eigenvalue weighted by Gasteiger charge is -2.22. The monoisotopic (exact) mass is 404 g/mol. The SMILES string of the molecule is O=[NH+]c1ccc(Oc2ccccc2)c(S(=O)(=O)NC(=O)NC2CCCCC2)c1. The first-order chi connectivity index (χ1) is 13.5. The van der Waals surface area contributed by atoms with Crippen LogP contribution in [0.5, 0.6) is 11.5 Å². The van der Waals surface area contributed by atoms with Crippen LogP contribution in [0.15, 0.2) is 53.4 Å². The Bertz CT molecular complexity index is 941. The third kappa shape index (κ3) is 5.07. The maximum Gasteiger partial charge on any atom is 0.328 e. The molecule has 3 rings (SSSR count). The lowest BCUT2D eigenvalue weighted by atomic mass is 9.96. The van der Waals surface area contributed by atoms with Gasteiger partial charge in [-0.15, -0.1) is 0 Å². The number of amides is 2. The van der Waals surface area contributed by atoms with Crippen molar-refractivity contribution in [2.45, 2.75) is 43.0 Å². The van der Waals surface area contributed by atoms with Crippen LogP contribution in [0.1, 0.15) is 32.1 Å². The van der Waals surface area contributed by atoms with Gasteiger partial charge in [0.15, 0.2) is 0 Å². The number of hydrogen-bond donors (Lipinski definition) is 3. The summed E-state index contributed by atoms with van der Waals surface area (Å²) in [6, 6.07) is 11.7. The van der Waals surface area contributed by atoms with Gasteiger partial charge in [-0.25, -0.2) is 17.9 Å². The summed E-state index contributed by atoms with van der Waals surface area (Å²) in [4.78, 5) is 22.9. The summed E-state index contributed by atoms with van der Waals surface area (Å²) in [7, 11) is -4.26. The second kappa shape index (κ2) is 8.83. The van der Waals surface area contributed by atoms with E-state index >= 15 is 0 Å². The van der Waals surface area contributed by atoms with Gasteiger partial charge in [0.1, 0.15) is 16.4 Å². The normalized spacial score (nSPS) is 14.9. The minimum atomic E-state index is -4.26. The van der Waals surface area contributed by atoms with Crippen molar-refractivity contribution in [1.29, 1.82) is 0 Å². The highest BCUT2D eigenvalue weighted by Gasteiger charge is 2.26. The molecule has 148 valence electrons. The molecule has 0 radical (unpaired) electrons. The van der Waals surface area contributed by atoms with E-state index in [4.69, 9.17) is 4.74 Å². The highest BCUT2D eigenvalue weighted by Crippen LogP contribution is 2.30. The van der Waals surface area contributed by atoms with Crippen LogP contribution >= 0.6 is 0 Å². The Hall–Kier alpha value is -2.94. The Morgan fingerprint density at radius 3 is 2.43 bits per heavy atom. The van der Waals surface area contributed by atoms with Gasteiger partial charge in [0.2, 0.25) is 0 Å². The number of benzene rings is 2. The molecule has 9 heteroatoms. The van der Waals surface area contributed by atoms with Gasteiger partial charge >= 0.3 is 6.03 Å². The Labute approximate surface area is 163 Å². The van der Waals surface area contributed by atoms with Crippen molar-refractivity contribution in [1.82, 2.24) is 10.0 Å². The van der Waals surface area contributed by atoms with E-state index in [1.807, 2.05) is 4.72 Å². The molecule has 0 heterocycles. The number of para-hydroxylation sites is 1. The van der Waals surface area contributed by atoms with E-state index in [9.17, 15) is 18.1 Å². The summed E-state index contributed by atoms with van der Waals surface area (Å²) in [6.45, 7) is 0. The van der Waals surface area contributed by atoms with Crippen molar-refractivity contribution in [3.05, 3.63) is 53.4 Å². The summed E-state index contributed by atoms with van der Waals surface area (Å²) in [5.41, 5.74) is 0.0356. The average molecular weight is 404 g/mol. The molecule has 0 atom stereocenters. The van der Waals surface area contributed by atoms with Gasteiger partial charge in [-0.1, -0.05) is 37.5 Å². The number of carbonyl (C=O) groups excluding carboxylic acids is 1. The van der Waals surface area contributed by atoms with E-state index in [1.165, 1.54) is 12.1 Å². The molecule has 8 nitrogen and oxygen atoms in total. The smallest absolute Gasteiger partial charge is 0.328 e. The number of carbonyl (C=O) groups is 1. The maximum atomic E-state index is 12.8. The molecule has 2 aromatic carbocycles. The number of nitrogens with one attached hydrogen (secondary N) is 3. The zero-order chi connectivity index (χ0) is 20.0. The lowest BCUT2D eigenvalue weighted by Crippen LogP contribution is -2.55. The second-order valence-electron chi connectivity index (χ2n) is 6.59. The quantitative estimate of drug-likeness (QED) is 0.683. The minimum absolute atomic E-state index is 0.00293. The molecule has 1 fully saturated rings. The predicted molar refractivity (Wildman–Crippen MR) is 103 cm³/mol. The van der Waals surface area contributed by atoms with E-state index in [2.05, 4.69) is 5.32 Å². The maximum absolute atomic E-state index is 12.8. The van der Waals surface area contributed by atoms with Crippen molar-refractivity contribution in [3.63, 3.8) is 0 Å². The highest BCUT2D eigenvalue weighted by atomic mass is 32.2. The molecule has 1 aliphatic rings. The first kappa shape index (κ1) is 19.8. The fourth-order valence-corrected chi connectivity index (χ4v) is 4.19. The predicted octanol–water partition coefficient (Wildman–Crippen LogP) is 2.28. The Morgan fingerprint density at radius 2 is 1.75 bits per heavy atom. The number of sulfonamides is 1. The van der Waals surface area contributed by atoms with E-state index < -0.39 is 16.1 Å². The van der Waals surface area contributed by atoms with Gasteiger partial charge in [-0.2, -0.15) is 0 Å². The van der Waals surface area contributed by atoms with Crippen molar-refractivity contribution in [2.24, 2.45) is 0 Å². The fourth-order valence-electron chi connectivity index (χ4n) is 3.12. The molecular weight excluding hydrogens is 382 g/mol. The standard InChI is InChI=1S/C19H21N3O5S/c23-19(20-14-7-3-1-4-8-14)22-28(25,26)18-13-15(21-24)11-12-17(18)27-16-9-5-2-6-10-16/h2,5-6,9-14H,1,3-4,7-8H2,(H2,20,22,23)/p+1. The zero-order valence-corrected chi connectivity index (χ0v) is 16.0. The van der Waals surface area contributed by atoms with Gasteiger partial charge in [-0.05, 0) is 31.0 Å². The van der Waals surface area contributed by atoms with E-state index in [0.717, 1.165) is 38.2 Å². The molecule has 0 aliphatic heterocycles. The van der Waals surface area contributed by atoms with Crippen molar-refractivity contribution < 1.29 is 23.1 Å². The molecule has 0 saturated heterocycles. The zero-order valence-electron chi connectivity index (χ0n) is 15.2. The molecule has 2 aromatic rings. The number of ether oxygens (including phenoxy) is 1.